The number of nitrogens with zero attached hydrogens (tertiary/aromatic N) is 1. The molecule has 0 saturated carbocycles. The summed E-state index contributed by atoms with van der Waals surface area (Å²) in [5.41, 5.74) is -0.238. The quantitative estimate of drug-likeness (QED) is 0.690. The molecular weight excluding hydrogens is 419 g/mol. The second kappa shape index (κ2) is 9.67. The number of hydrogen-bond acceptors (Lipinski definition) is 5. The maximum absolute atomic E-state index is 12.5. The van der Waals surface area contributed by atoms with E-state index in [1.807, 2.05) is 0 Å². The Balaban J connectivity index is 1.91. The molecule has 1 N–H and O–H groups in total. The molecule has 0 radical (unpaired) electrons. The van der Waals surface area contributed by atoms with Crippen LogP contribution in [0, 0.1) is 5.92 Å². The lowest BCUT2D eigenvalue weighted by molar-refractivity contribution is -0.158. The van der Waals surface area contributed by atoms with Crippen molar-refractivity contribution in [3.63, 3.8) is 0 Å². The fourth-order valence-corrected chi connectivity index (χ4v) is 3.27. The van der Waals surface area contributed by atoms with Gasteiger partial charge in [-0.2, -0.15) is 0 Å². The lowest BCUT2D eigenvalue weighted by Crippen LogP contribution is -2.45. The van der Waals surface area contributed by atoms with Crippen LogP contribution in [0.1, 0.15) is 40.5 Å². The number of likely N-dealkylation sites (tertiary alicyclic amines) is 1. The third-order valence-electron chi connectivity index (χ3n) is 4.26. The van der Waals surface area contributed by atoms with Crippen LogP contribution in [-0.2, 0) is 19.1 Å². The van der Waals surface area contributed by atoms with E-state index in [-0.39, 0.29) is 11.6 Å². The van der Waals surface area contributed by atoms with Gasteiger partial charge in [0.05, 0.1) is 16.6 Å². The number of ether oxygens (including phenoxy) is 2. The van der Waals surface area contributed by atoms with Crippen molar-refractivity contribution >= 4 is 46.9 Å². The maximum Gasteiger partial charge on any atom is 0.410 e. The van der Waals surface area contributed by atoms with Crippen molar-refractivity contribution in [3.05, 3.63) is 28.2 Å². The molecular formula is C20H26Cl2N2O5. The minimum Gasteiger partial charge on any atom is -0.452 e. The normalized spacial score (nSPS) is 18.0. The van der Waals surface area contributed by atoms with E-state index in [0.29, 0.717) is 30.1 Å². The van der Waals surface area contributed by atoms with Gasteiger partial charge in [-0.15, -0.1) is 0 Å². The zero-order chi connectivity index (χ0) is 21.8. The van der Waals surface area contributed by atoms with Crippen molar-refractivity contribution in [3.8, 4) is 0 Å². The van der Waals surface area contributed by atoms with Gasteiger partial charge in [0.2, 0.25) is 0 Å². The fourth-order valence-electron chi connectivity index (χ4n) is 2.81. The summed E-state index contributed by atoms with van der Waals surface area (Å²) in [6, 6.07) is 4.66. The molecule has 9 heteroatoms. The number of anilines is 1. The first-order chi connectivity index (χ1) is 13.5. The number of carbonyl (C=O) groups is 3. The van der Waals surface area contributed by atoms with Crippen molar-refractivity contribution in [2.24, 2.45) is 5.92 Å². The summed E-state index contributed by atoms with van der Waals surface area (Å²) in [6.45, 7) is 7.55. The number of nitrogens with one attached hydrogen (secondary N) is 1. The van der Waals surface area contributed by atoms with Crippen LogP contribution < -0.4 is 5.32 Å². The van der Waals surface area contributed by atoms with E-state index in [4.69, 9.17) is 32.7 Å². The minimum atomic E-state index is -1.02. The molecule has 1 aromatic rings. The number of benzene rings is 1. The molecule has 0 aromatic heterocycles. The molecule has 1 fully saturated rings. The number of amides is 2. The van der Waals surface area contributed by atoms with E-state index in [2.05, 4.69) is 5.32 Å². The molecule has 1 aliphatic heterocycles. The zero-order valence-electron chi connectivity index (χ0n) is 17.0. The number of esters is 1. The SMILES string of the molecule is CC(OC(=O)C1CCCN(C(=O)OC(C)(C)C)C1)C(=O)Nc1ccc(Cl)cc1Cl. The van der Waals surface area contributed by atoms with Crippen LogP contribution in [0.3, 0.4) is 0 Å². The van der Waals surface area contributed by atoms with Gasteiger partial charge in [0.25, 0.3) is 5.91 Å². The first kappa shape index (κ1) is 23.3. The molecule has 1 aromatic carbocycles. The fraction of sp³-hybridized carbons (Fsp3) is 0.550. The summed E-state index contributed by atoms with van der Waals surface area (Å²) in [5.74, 6) is -1.55. The third-order valence-corrected chi connectivity index (χ3v) is 4.81. The molecule has 2 amide bonds. The van der Waals surface area contributed by atoms with Gasteiger partial charge in [0, 0.05) is 18.1 Å². The van der Waals surface area contributed by atoms with E-state index in [9.17, 15) is 14.4 Å². The zero-order valence-corrected chi connectivity index (χ0v) is 18.5. The number of carbonyl (C=O) groups excluding carboxylic acids is 3. The highest BCUT2D eigenvalue weighted by molar-refractivity contribution is 6.36. The average Bonchev–Trinajstić information content (AvgIpc) is 2.62. The van der Waals surface area contributed by atoms with E-state index in [0.717, 1.165) is 0 Å². The Labute approximate surface area is 180 Å². The predicted octanol–water partition coefficient (Wildman–Crippen LogP) is 4.51. The van der Waals surface area contributed by atoms with E-state index in [1.165, 1.54) is 17.9 Å². The summed E-state index contributed by atoms with van der Waals surface area (Å²) < 4.78 is 10.7. The number of hydrogen-bond donors (Lipinski definition) is 1. The number of piperidine rings is 1. The van der Waals surface area contributed by atoms with Crippen LogP contribution in [0.2, 0.25) is 10.0 Å². The highest BCUT2D eigenvalue weighted by Crippen LogP contribution is 2.26. The smallest absolute Gasteiger partial charge is 0.410 e. The third kappa shape index (κ3) is 7.08. The Bertz CT molecular complexity index is 779. The lowest BCUT2D eigenvalue weighted by atomic mass is 9.98. The molecule has 1 saturated heterocycles. The topological polar surface area (TPSA) is 84.9 Å². The van der Waals surface area contributed by atoms with Gasteiger partial charge < -0.3 is 19.7 Å². The number of halogens is 2. The van der Waals surface area contributed by atoms with Gasteiger partial charge in [0.15, 0.2) is 6.10 Å². The van der Waals surface area contributed by atoms with Crippen LogP contribution in [0.4, 0.5) is 10.5 Å². The summed E-state index contributed by atoms with van der Waals surface area (Å²) in [5, 5.41) is 3.33. The summed E-state index contributed by atoms with van der Waals surface area (Å²) >= 11 is 11.9. The lowest BCUT2D eigenvalue weighted by Gasteiger charge is -2.33. The minimum absolute atomic E-state index is 0.200. The highest BCUT2D eigenvalue weighted by atomic mass is 35.5. The van der Waals surface area contributed by atoms with Gasteiger partial charge in [-0.05, 0) is 58.7 Å². The standard InChI is InChI=1S/C20H26Cl2N2O5/c1-12(17(25)23-16-8-7-14(21)10-15(16)22)28-18(26)13-6-5-9-24(11-13)19(27)29-20(2,3)4/h7-8,10,12-13H,5-6,9,11H2,1-4H3,(H,23,25). The molecule has 7 nitrogen and oxygen atoms in total. The molecule has 2 unspecified atom stereocenters. The molecule has 0 aliphatic carbocycles. The van der Waals surface area contributed by atoms with Crippen molar-refractivity contribution in [1.29, 1.82) is 0 Å². The molecule has 2 atom stereocenters. The average molecular weight is 445 g/mol. The second-order valence-electron chi connectivity index (χ2n) is 7.96. The Kier molecular flexibility index (Phi) is 7.77. The van der Waals surface area contributed by atoms with Gasteiger partial charge >= 0.3 is 12.1 Å². The predicted molar refractivity (Wildman–Crippen MR) is 111 cm³/mol. The summed E-state index contributed by atoms with van der Waals surface area (Å²) in [7, 11) is 0. The molecule has 1 heterocycles. The summed E-state index contributed by atoms with van der Waals surface area (Å²) in [4.78, 5) is 38.6. The Hall–Kier alpha value is -1.99. The van der Waals surface area contributed by atoms with Gasteiger partial charge in [-0.3, -0.25) is 9.59 Å². The molecule has 1 aliphatic rings. The molecule has 29 heavy (non-hydrogen) atoms. The van der Waals surface area contributed by atoms with Crippen LogP contribution in [-0.4, -0.2) is 47.7 Å². The van der Waals surface area contributed by atoms with Crippen LogP contribution in [0.5, 0.6) is 0 Å². The first-order valence-electron chi connectivity index (χ1n) is 9.40. The van der Waals surface area contributed by atoms with Crippen molar-refractivity contribution < 1.29 is 23.9 Å². The van der Waals surface area contributed by atoms with E-state index >= 15 is 0 Å². The Morgan fingerprint density at radius 1 is 1.24 bits per heavy atom. The summed E-state index contributed by atoms with van der Waals surface area (Å²) in [6.07, 6.45) is -0.251. The van der Waals surface area contributed by atoms with Gasteiger partial charge in [0.1, 0.15) is 5.60 Å². The maximum atomic E-state index is 12.5. The largest absolute Gasteiger partial charge is 0.452 e. The Morgan fingerprint density at radius 2 is 1.93 bits per heavy atom. The second-order valence-corrected chi connectivity index (χ2v) is 8.80. The molecule has 2 rings (SSSR count). The van der Waals surface area contributed by atoms with Crippen molar-refractivity contribution in [1.82, 2.24) is 4.90 Å². The van der Waals surface area contributed by atoms with Crippen molar-refractivity contribution in [2.75, 3.05) is 18.4 Å². The first-order valence-corrected chi connectivity index (χ1v) is 10.2. The molecule has 160 valence electrons. The Morgan fingerprint density at radius 3 is 2.55 bits per heavy atom. The van der Waals surface area contributed by atoms with Gasteiger partial charge in [-0.1, -0.05) is 23.2 Å². The van der Waals surface area contributed by atoms with E-state index < -0.39 is 35.6 Å². The van der Waals surface area contributed by atoms with Crippen LogP contribution in [0.25, 0.3) is 0 Å². The van der Waals surface area contributed by atoms with E-state index in [1.54, 1.807) is 32.9 Å². The number of rotatable bonds is 4. The van der Waals surface area contributed by atoms with Crippen molar-refractivity contribution in [2.45, 2.75) is 52.2 Å². The highest BCUT2D eigenvalue weighted by Gasteiger charge is 2.33. The molecule has 0 bridgehead atoms. The van der Waals surface area contributed by atoms with Crippen LogP contribution >= 0.6 is 23.2 Å². The van der Waals surface area contributed by atoms with Gasteiger partial charge in [-0.25, -0.2) is 4.79 Å². The monoisotopic (exact) mass is 444 g/mol. The van der Waals surface area contributed by atoms with Crippen LogP contribution in [0.15, 0.2) is 18.2 Å². The molecule has 0 spiro atoms.